The molecule has 0 saturated carbocycles. The summed E-state index contributed by atoms with van der Waals surface area (Å²) in [6.07, 6.45) is 0.509. The van der Waals surface area contributed by atoms with Crippen molar-refractivity contribution in [1.82, 2.24) is 0 Å². The molecule has 2 aliphatic rings. The van der Waals surface area contributed by atoms with Crippen LogP contribution in [0.1, 0.15) is 35.6 Å². The highest BCUT2D eigenvalue weighted by Crippen LogP contribution is 2.66. The molecule has 1 aliphatic heterocycles. The molecule has 0 fully saturated rings. The van der Waals surface area contributed by atoms with E-state index in [2.05, 4.69) is 5.16 Å². The molecule has 0 bridgehead atoms. The smallest absolute Gasteiger partial charge is 0.207 e. The van der Waals surface area contributed by atoms with Gasteiger partial charge in [0, 0.05) is 27.3 Å². The normalized spacial score (nSPS) is 22.8. The summed E-state index contributed by atoms with van der Waals surface area (Å²) >= 11 is 6.21. The molecule has 176 valence electrons. The van der Waals surface area contributed by atoms with Gasteiger partial charge in [-0.2, -0.15) is 0 Å². The molecule has 1 heterocycles. The molecule has 3 nitrogen and oxygen atoms in total. The van der Waals surface area contributed by atoms with E-state index in [1.165, 1.54) is 0 Å². The summed E-state index contributed by atoms with van der Waals surface area (Å²) in [7, 11) is 0. The van der Waals surface area contributed by atoms with Gasteiger partial charge < -0.3 is 4.84 Å². The third-order valence-corrected chi connectivity index (χ3v) is 7.70. The van der Waals surface area contributed by atoms with Crippen LogP contribution >= 0.6 is 11.6 Å². The highest BCUT2D eigenvalue weighted by Gasteiger charge is 2.72. The van der Waals surface area contributed by atoms with Gasteiger partial charge in [-0.05, 0) is 29.7 Å². The summed E-state index contributed by atoms with van der Waals surface area (Å²) in [6, 6.07) is 37.5. The molecular formula is C32H24ClNO2. The molecule has 0 spiro atoms. The molecule has 0 radical (unpaired) electrons. The third kappa shape index (κ3) is 2.99. The van der Waals surface area contributed by atoms with Gasteiger partial charge in [0.2, 0.25) is 5.60 Å². The Labute approximate surface area is 215 Å². The first-order valence-corrected chi connectivity index (χ1v) is 12.5. The van der Waals surface area contributed by atoms with Crippen molar-refractivity contribution in [3.8, 4) is 0 Å². The Balaban J connectivity index is 1.73. The topological polar surface area (TPSA) is 38.7 Å². The number of hydrogen-bond donors (Lipinski definition) is 0. The second kappa shape index (κ2) is 8.61. The Morgan fingerprint density at radius 2 is 1.28 bits per heavy atom. The molecule has 4 heteroatoms. The van der Waals surface area contributed by atoms with E-state index in [1.54, 1.807) is 0 Å². The van der Waals surface area contributed by atoms with Crippen LogP contribution in [0.2, 0.25) is 5.02 Å². The third-order valence-electron chi connectivity index (χ3n) is 7.45. The first-order valence-electron chi connectivity index (χ1n) is 12.1. The van der Waals surface area contributed by atoms with E-state index in [-0.39, 0.29) is 5.78 Å². The van der Waals surface area contributed by atoms with Crippen molar-refractivity contribution >= 4 is 34.2 Å². The zero-order valence-electron chi connectivity index (χ0n) is 19.8. The number of allylic oxidation sites excluding steroid dienone is 1. The number of rotatable bonds is 5. The lowest BCUT2D eigenvalue weighted by Crippen LogP contribution is -2.49. The number of fused-ring (bicyclic) bond motifs is 1. The van der Waals surface area contributed by atoms with E-state index in [0.717, 1.165) is 27.8 Å². The van der Waals surface area contributed by atoms with E-state index in [1.807, 2.05) is 122 Å². The van der Waals surface area contributed by atoms with Gasteiger partial charge in [0.05, 0.1) is 0 Å². The van der Waals surface area contributed by atoms with Crippen LogP contribution in [0.5, 0.6) is 0 Å². The number of halogens is 1. The molecular weight excluding hydrogens is 466 g/mol. The standard InChI is InChI=1S/C32H24ClNO2/c1-2-31-29(24-18-20-26(33)21-19-24)34-36-32(31,25-16-10-5-11-17-25)28(23-14-8-4-9-15-23)27(30(31)35)22-12-6-3-7-13-22/h3-21H,2H2,1H3/t31-,32+/m0/s1. The fourth-order valence-electron chi connectivity index (χ4n) is 5.90. The Kier molecular flexibility index (Phi) is 5.39. The number of carbonyl (C=O) groups is 1. The molecule has 0 N–H and O–H groups in total. The first-order chi connectivity index (χ1) is 17.6. The largest absolute Gasteiger partial charge is 0.378 e. The van der Waals surface area contributed by atoms with Gasteiger partial charge in [-0.25, -0.2) is 0 Å². The van der Waals surface area contributed by atoms with E-state index in [4.69, 9.17) is 16.4 Å². The molecule has 6 rings (SSSR count). The Hall–Kier alpha value is -3.95. The lowest BCUT2D eigenvalue weighted by atomic mass is 9.61. The maximum atomic E-state index is 14.9. The monoisotopic (exact) mass is 489 g/mol. The molecule has 2 atom stereocenters. The molecule has 0 saturated heterocycles. The van der Waals surface area contributed by atoms with Gasteiger partial charge in [-0.3, -0.25) is 4.79 Å². The number of oxime groups is 1. The minimum Gasteiger partial charge on any atom is -0.378 e. The van der Waals surface area contributed by atoms with Gasteiger partial charge in [0.15, 0.2) is 5.78 Å². The Morgan fingerprint density at radius 1 is 0.722 bits per heavy atom. The maximum absolute atomic E-state index is 14.9. The summed E-state index contributed by atoms with van der Waals surface area (Å²) in [4.78, 5) is 21.5. The summed E-state index contributed by atoms with van der Waals surface area (Å²) in [5.41, 5.74) is 3.52. The van der Waals surface area contributed by atoms with Crippen molar-refractivity contribution in [3.63, 3.8) is 0 Å². The van der Waals surface area contributed by atoms with E-state index >= 15 is 0 Å². The second-order valence-corrected chi connectivity index (χ2v) is 9.59. The van der Waals surface area contributed by atoms with Crippen LogP contribution in [-0.4, -0.2) is 11.5 Å². The van der Waals surface area contributed by atoms with Gasteiger partial charge in [-0.1, -0.05) is 127 Å². The SMILES string of the molecule is CC[C@]12C(=O)C(c3ccccc3)=C(c3ccccc3)[C@@]1(c1ccccc1)ON=C2c1ccc(Cl)cc1. The fourth-order valence-corrected chi connectivity index (χ4v) is 6.02. The second-order valence-electron chi connectivity index (χ2n) is 9.16. The molecule has 4 aromatic rings. The van der Waals surface area contributed by atoms with Gasteiger partial charge in [0.25, 0.3) is 0 Å². The van der Waals surface area contributed by atoms with Crippen molar-refractivity contribution < 1.29 is 9.63 Å². The minimum absolute atomic E-state index is 0.0186. The summed E-state index contributed by atoms with van der Waals surface area (Å²) in [5.74, 6) is 0.0186. The van der Waals surface area contributed by atoms with Crippen LogP contribution in [0.3, 0.4) is 0 Å². The number of nitrogens with zero attached hydrogens (tertiary/aromatic N) is 1. The Bertz CT molecular complexity index is 1490. The van der Waals surface area contributed by atoms with Crippen molar-refractivity contribution in [2.24, 2.45) is 10.6 Å². The average molecular weight is 490 g/mol. The van der Waals surface area contributed by atoms with Crippen LogP contribution < -0.4 is 0 Å². The van der Waals surface area contributed by atoms with E-state index in [9.17, 15) is 4.79 Å². The number of Topliss-reactive ketones (excluding diaryl/α,β-unsaturated/α-hetero) is 1. The zero-order chi connectivity index (χ0) is 24.8. The number of hydrogen-bond acceptors (Lipinski definition) is 3. The summed E-state index contributed by atoms with van der Waals surface area (Å²) < 4.78 is 0. The predicted molar refractivity (Wildman–Crippen MR) is 145 cm³/mol. The van der Waals surface area contributed by atoms with Crippen LogP contribution in [0.25, 0.3) is 11.1 Å². The van der Waals surface area contributed by atoms with Crippen LogP contribution in [-0.2, 0) is 15.2 Å². The van der Waals surface area contributed by atoms with Gasteiger partial charge in [0.1, 0.15) is 11.1 Å². The molecule has 0 aromatic heterocycles. The van der Waals surface area contributed by atoms with Crippen molar-refractivity contribution in [1.29, 1.82) is 0 Å². The maximum Gasteiger partial charge on any atom is 0.207 e. The van der Waals surface area contributed by atoms with Crippen molar-refractivity contribution in [3.05, 3.63) is 143 Å². The average Bonchev–Trinajstić information content (AvgIpc) is 3.40. The van der Waals surface area contributed by atoms with Gasteiger partial charge in [-0.15, -0.1) is 0 Å². The zero-order valence-corrected chi connectivity index (χ0v) is 20.6. The molecule has 0 unspecified atom stereocenters. The highest BCUT2D eigenvalue weighted by molar-refractivity contribution is 6.43. The summed E-state index contributed by atoms with van der Waals surface area (Å²) in [5, 5.41) is 5.31. The number of ketones is 1. The molecule has 4 aromatic carbocycles. The lowest BCUT2D eigenvalue weighted by molar-refractivity contribution is -0.127. The number of carbonyl (C=O) groups excluding carboxylic acids is 1. The predicted octanol–water partition coefficient (Wildman–Crippen LogP) is 7.56. The van der Waals surface area contributed by atoms with Crippen LogP contribution in [0.4, 0.5) is 0 Å². The lowest BCUT2D eigenvalue weighted by Gasteiger charge is -2.39. The van der Waals surface area contributed by atoms with Crippen molar-refractivity contribution in [2.75, 3.05) is 0 Å². The highest BCUT2D eigenvalue weighted by atomic mass is 35.5. The van der Waals surface area contributed by atoms with Gasteiger partial charge >= 0.3 is 0 Å². The number of benzene rings is 4. The van der Waals surface area contributed by atoms with E-state index < -0.39 is 11.0 Å². The van der Waals surface area contributed by atoms with Crippen LogP contribution in [0.15, 0.2) is 120 Å². The molecule has 1 aliphatic carbocycles. The van der Waals surface area contributed by atoms with Crippen molar-refractivity contribution in [2.45, 2.75) is 18.9 Å². The van der Waals surface area contributed by atoms with Crippen LogP contribution in [0, 0.1) is 5.41 Å². The summed E-state index contributed by atoms with van der Waals surface area (Å²) in [6.45, 7) is 2.05. The minimum atomic E-state index is -1.12. The molecule has 0 amide bonds. The molecule has 36 heavy (non-hydrogen) atoms. The quantitative estimate of drug-likeness (QED) is 0.290. The fraction of sp³-hybridized carbons (Fsp3) is 0.125. The first kappa shape index (κ1) is 22.5. The Morgan fingerprint density at radius 3 is 1.86 bits per heavy atom. The van der Waals surface area contributed by atoms with E-state index in [0.29, 0.717) is 22.7 Å².